The third-order valence-corrected chi connectivity index (χ3v) is 6.09. The molecule has 3 aromatic rings. The van der Waals surface area contributed by atoms with Crippen molar-refractivity contribution in [1.29, 1.82) is 0 Å². The minimum Gasteiger partial charge on any atom is -0.461 e. The Morgan fingerprint density at radius 1 is 1.32 bits per heavy atom. The number of rotatable bonds is 8. The molecule has 0 N–H and O–H groups in total. The summed E-state index contributed by atoms with van der Waals surface area (Å²) in [5, 5.41) is 9.25. The number of hydrogen-bond acceptors (Lipinski definition) is 5. The number of aromatic nitrogens is 3. The summed E-state index contributed by atoms with van der Waals surface area (Å²) < 4.78 is 8.45. The van der Waals surface area contributed by atoms with Crippen molar-refractivity contribution in [3.8, 4) is 11.6 Å². The predicted octanol–water partition coefficient (Wildman–Crippen LogP) is 4.60. The summed E-state index contributed by atoms with van der Waals surface area (Å²) in [6.07, 6.45) is 3.78. The van der Waals surface area contributed by atoms with E-state index < -0.39 is 0 Å². The molecule has 0 radical (unpaired) electrons. The molecule has 1 amide bonds. The van der Waals surface area contributed by atoms with Gasteiger partial charge in [-0.3, -0.25) is 9.36 Å². The van der Waals surface area contributed by atoms with Crippen LogP contribution >= 0.6 is 27.7 Å². The Hall–Kier alpha value is -2.06. The maximum absolute atomic E-state index is 12.9. The van der Waals surface area contributed by atoms with E-state index >= 15 is 0 Å². The number of amides is 1. The lowest BCUT2D eigenvalue weighted by atomic mass is 10.2. The maximum Gasteiger partial charge on any atom is 0.233 e. The van der Waals surface area contributed by atoms with Gasteiger partial charge in [-0.1, -0.05) is 39.8 Å². The minimum atomic E-state index is 0.137. The highest BCUT2D eigenvalue weighted by atomic mass is 79.9. The van der Waals surface area contributed by atoms with Gasteiger partial charge in [0.15, 0.2) is 16.7 Å². The first-order valence-electron chi connectivity index (χ1n) is 9.29. The average molecular weight is 461 g/mol. The topological polar surface area (TPSA) is 64.2 Å². The van der Waals surface area contributed by atoms with Crippen LogP contribution in [0.15, 0.2) is 56.7 Å². The number of thioether (sulfide) groups is 1. The van der Waals surface area contributed by atoms with Gasteiger partial charge in [-0.25, -0.2) is 0 Å². The van der Waals surface area contributed by atoms with Gasteiger partial charge in [0.05, 0.1) is 12.0 Å². The Kier molecular flexibility index (Phi) is 5.87. The normalized spacial score (nSPS) is 13.6. The molecule has 8 heteroatoms. The van der Waals surface area contributed by atoms with Crippen LogP contribution in [-0.4, -0.2) is 37.4 Å². The van der Waals surface area contributed by atoms with Crippen LogP contribution in [0.4, 0.5) is 0 Å². The molecule has 4 rings (SSSR count). The molecule has 1 fully saturated rings. The summed E-state index contributed by atoms with van der Waals surface area (Å²) in [5.74, 6) is 1.86. The fourth-order valence-electron chi connectivity index (χ4n) is 3.12. The first-order valence-corrected chi connectivity index (χ1v) is 11.1. The van der Waals surface area contributed by atoms with E-state index in [4.69, 9.17) is 4.42 Å². The van der Waals surface area contributed by atoms with Crippen molar-refractivity contribution in [2.24, 2.45) is 0 Å². The Morgan fingerprint density at radius 2 is 2.18 bits per heavy atom. The van der Waals surface area contributed by atoms with Crippen molar-refractivity contribution in [1.82, 2.24) is 19.7 Å². The molecule has 146 valence electrons. The Labute approximate surface area is 176 Å². The lowest BCUT2D eigenvalue weighted by Gasteiger charge is -2.22. The highest BCUT2D eigenvalue weighted by Gasteiger charge is 2.32. The first-order chi connectivity index (χ1) is 13.7. The van der Waals surface area contributed by atoms with Crippen molar-refractivity contribution >= 4 is 33.6 Å². The van der Waals surface area contributed by atoms with Crippen molar-refractivity contribution < 1.29 is 9.21 Å². The highest BCUT2D eigenvalue weighted by molar-refractivity contribution is 9.10. The zero-order valence-corrected chi connectivity index (χ0v) is 17.9. The summed E-state index contributed by atoms with van der Waals surface area (Å²) in [5.41, 5.74) is 1.14. The van der Waals surface area contributed by atoms with Crippen molar-refractivity contribution in [3.05, 3.63) is 52.7 Å². The molecular formula is C20H21BrN4O2S. The van der Waals surface area contributed by atoms with Crippen LogP contribution in [0.25, 0.3) is 11.6 Å². The van der Waals surface area contributed by atoms with Gasteiger partial charge in [0.25, 0.3) is 0 Å². The summed E-state index contributed by atoms with van der Waals surface area (Å²) in [4.78, 5) is 14.9. The molecule has 0 bridgehead atoms. The zero-order valence-electron chi connectivity index (χ0n) is 15.5. The number of furan rings is 1. The lowest BCUT2D eigenvalue weighted by molar-refractivity contribution is -0.129. The third kappa shape index (κ3) is 4.33. The number of benzene rings is 1. The van der Waals surface area contributed by atoms with Crippen molar-refractivity contribution in [3.63, 3.8) is 0 Å². The van der Waals surface area contributed by atoms with Crippen LogP contribution in [-0.2, 0) is 17.9 Å². The fraction of sp³-hybridized carbons (Fsp3) is 0.350. The number of carbonyl (C=O) groups is 1. The van der Waals surface area contributed by atoms with Crippen LogP contribution in [0.2, 0.25) is 0 Å². The maximum atomic E-state index is 12.9. The van der Waals surface area contributed by atoms with Crippen LogP contribution in [0, 0.1) is 0 Å². The van der Waals surface area contributed by atoms with Gasteiger partial charge in [0, 0.05) is 23.6 Å². The van der Waals surface area contributed by atoms with E-state index in [2.05, 4.69) is 38.3 Å². The number of halogens is 1. The third-order valence-electron chi connectivity index (χ3n) is 4.65. The molecule has 1 aliphatic carbocycles. The predicted molar refractivity (Wildman–Crippen MR) is 112 cm³/mol. The van der Waals surface area contributed by atoms with Gasteiger partial charge >= 0.3 is 0 Å². The monoisotopic (exact) mass is 460 g/mol. The molecule has 1 saturated carbocycles. The van der Waals surface area contributed by atoms with Crippen LogP contribution in [0.5, 0.6) is 0 Å². The minimum absolute atomic E-state index is 0.137. The largest absolute Gasteiger partial charge is 0.461 e. The summed E-state index contributed by atoms with van der Waals surface area (Å²) >= 11 is 4.94. The zero-order chi connectivity index (χ0) is 19.5. The fourth-order valence-corrected chi connectivity index (χ4v) is 4.45. The average Bonchev–Trinajstić information content (AvgIpc) is 3.22. The molecule has 28 heavy (non-hydrogen) atoms. The molecule has 2 aromatic heterocycles. The smallest absolute Gasteiger partial charge is 0.233 e. The summed E-state index contributed by atoms with van der Waals surface area (Å²) in [6.45, 7) is 3.39. The Bertz CT molecular complexity index is 953. The second-order valence-electron chi connectivity index (χ2n) is 6.70. The van der Waals surface area contributed by atoms with Gasteiger partial charge in [-0.15, -0.1) is 10.2 Å². The van der Waals surface area contributed by atoms with E-state index in [1.165, 1.54) is 11.8 Å². The van der Waals surface area contributed by atoms with Crippen LogP contribution in [0.3, 0.4) is 0 Å². The molecule has 0 atom stereocenters. The van der Waals surface area contributed by atoms with E-state index in [9.17, 15) is 4.79 Å². The van der Waals surface area contributed by atoms with Gasteiger partial charge in [0.1, 0.15) is 0 Å². The van der Waals surface area contributed by atoms with Gasteiger partial charge in [0.2, 0.25) is 5.91 Å². The van der Waals surface area contributed by atoms with Gasteiger partial charge in [-0.05, 0) is 49.6 Å². The number of carbonyl (C=O) groups excluding carboxylic acids is 1. The van der Waals surface area contributed by atoms with Gasteiger partial charge in [-0.2, -0.15) is 0 Å². The molecule has 0 saturated heterocycles. The molecule has 2 heterocycles. The highest BCUT2D eigenvalue weighted by Crippen LogP contribution is 2.30. The van der Waals surface area contributed by atoms with Crippen molar-refractivity contribution in [2.75, 3.05) is 5.75 Å². The first kappa shape index (κ1) is 19.3. The van der Waals surface area contributed by atoms with Crippen LogP contribution < -0.4 is 0 Å². The van der Waals surface area contributed by atoms with E-state index in [1.54, 1.807) is 6.26 Å². The molecule has 0 unspecified atom stereocenters. The summed E-state index contributed by atoms with van der Waals surface area (Å²) in [7, 11) is 0. The van der Waals surface area contributed by atoms with E-state index in [1.807, 2.05) is 40.7 Å². The molecule has 1 aromatic carbocycles. The SMILES string of the molecule is CCn1c(SCC(=O)N(Cc2cccc(Br)c2)C2CC2)nnc1-c1ccco1. The second-order valence-corrected chi connectivity index (χ2v) is 8.56. The van der Waals surface area contributed by atoms with Crippen molar-refractivity contribution in [2.45, 2.75) is 44.1 Å². The van der Waals surface area contributed by atoms with E-state index in [0.717, 1.165) is 28.0 Å². The van der Waals surface area contributed by atoms with E-state index in [-0.39, 0.29) is 5.91 Å². The van der Waals surface area contributed by atoms with Crippen LogP contribution in [0.1, 0.15) is 25.3 Å². The molecule has 6 nitrogen and oxygen atoms in total. The molecule has 0 aliphatic heterocycles. The lowest BCUT2D eigenvalue weighted by Crippen LogP contribution is -2.34. The number of hydrogen-bond donors (Lipinski definition) is 0. The summed E-state index contributed by atoms with van der Waals surface area (Å²) in [6, 6.07) is 12.2. The van der Waals surface area contributed by atoms with E-state index in [0.29, 0.717) is 36.5 Å². The van der Waals surface area contributed by atoms with Gasteiger partial charge < -0.3 is 9.32 Å². The Morgan fingerprint density at radius 3 is 2.86 bits per heavy atom. The quantitative estimate of drug-likeness (QED) is 0.459. The molecule has 1 aliphatic rings. The molecular weight excluding hydrogens is 440 g/mol. The molecule has 0 spiro atoms. The number of nitrogens with zero attached hydrogens (tertiary/aromatic N) is 4. The standard InChI is InChI=1S/C20H21BrN4O2S/c1-2-24-19(17-7-4-10-27-17)22-23-20(24)28-13-18(26)25(16-8-9-16)12-14-5-3-6-15(21)11-14/h3-7,10-11,16H,2,8-9,12-13H2,1H3. The Balaban J connectivity index is 1.44. The second kappa shape index (κ2) is 8.53.